The second-order valence-electron chi connectivity index (χ2n) is 5.15. The molecule has 0 amide bonds. The van der Waals surface area contributed by atoms with Gasteiger partial charge in [-0.25, -0.2) is 0 Å². The maximum atomic E-state index is 14.1. The molecular formula is C14H6F9O3P. The molecule has 0 bridgehead atoms. The average molecular weight is 424 g/mol. The van der Waals surface area contributed by atoms with Crippen molar-refractivity contribution < 1.29 is 54.2 Å². The van der Waals surface area contributed by atoms with Gasteiger partial charge < -0.3 is 0 Å². The third-order valence-electron chi connectivity index (χ3n) is 3.47. The van der Waals surface area contributed by atoms with E-state index in [-0.39, 0.29) is 5.82 Å². The molecule has 0 spiro atoms. The Kier molecular flexibility index (Phi) is 4.86. The van der Waals surface area contributed by atoms with Crippen molar-refractivity contribution in [3.8, 4) is 11.1 Å². The minimum atomic E-state index is -6.73. The molecule has 13 heteroatoms. The first-order chi connectivity index (χ1) is 12.2. The second-order valence-corrected chi connectivity index (χ2v) is 8.05. The van der Waals surface area contributed by atoms with Gasteiger partial charge in [-0.3, -0.25) is 0 Å². The summed E-state index contributed by atoms with van der Waals surface area (Å²) in [6.45, 7) is 2.63. The fourth-order valence-electron chi connectivity index (χ4n) is 2.13. The SMILES string of the molecule is C=CP(O)(O)(O)c1c(F)c(F)c(-c2c(F)c(F)c(F)c(F)c2F)c(F)c1F. The van der Waals surface area contributed by atoms with E-state index in [1.165, 1.54) is 0 Å². The van der Waals surface area contributed by atoms with Crippen LogP contribution in [0.3, 0.4) is 0 Å². The maximum absolute atomic E-state index is 14.1. The summed E-state index contributed by atoms with van der Waals surface area (Å²) in [5.41, 5.74) is -4.71. The van der Waals surface area contributed by atoms with Gasteiger partial charge in [-0.1, -0.05) is 0 Å². The summed E-state index contributed by atoms with van der Waals surface area (Å²) in [5, 5.41) is -2.38. The summed E-state index contributed by atoms with van der Waals surface area (Å²) in [7, 11) is -6.73. The van der Waals surface area contributed by atoms with Gasteiger partial charge >= 0.3 is 143 Å². The van der Waals surface area contributed by atoms with Crippen LogP contribution in [0.2, 0.25) is 0 Å². The van der Waals surface area contributed by atoms with Crippen LogP contribution in [0.15, 0.2) is 12.4 Å². The Balaban J connectivity index is 3.08. The molecule has 0 aliphatic heterocycles. The van der Waals surface area contributed by atoms with E-state index < -0.39 is 76.1 Å². The van der Waals surface area contributed by atoms with E-state index in [1.54, 1.807) is 0 Å². The molecule has 148 valence electrons. The number of benzene rings is 2. The fourth-order valence-corrected chi connectivity index (χ4v) is 3.26. The molecule has 0 aromatic heterocycles. The van der Waals surface area contributed by atoms with Gasteiger partial charge in [-0.05, 0) is 0 Å². The van der Waals surface area contributed by atoms with Crippen LogP contribution in [0.1, 0.15) is 0 Å². The van der Waals surface area contributed by atoms with E-state index >= 15 is 0 Å². The van der Waals surface area contributed by atoms with Crippen LogP contribution in [0.5, 0.6) is 0 Å². The van der Waals surface area contributed by atoms with Crippen LogP contribution >= 0.6 is 7.28 Å². The van der Waals surface area contributed by atoms with Crippen molar-refractivity contribution in [1.29, 1.82) is 0 Å². The summed E-state index contributed by atoms with van der Waals surface area (Å²) in [6.07, 6.45) is 0. The quantitative estimate of drug-likeness (QED) is 0.305. The molecule has 0 aliphatic carbocycles. The third kappa shape index (κ3) is 2.98. The predicted molar refractivity (Wildman–Crippen MR) is 74.9 cm³/mol. The van der Waals surface area contributed by atoms with Crippen molar-refractivity contribution in [2.75, 3.05) is 0 Å². The number of hydrogen-bond donors (Lipinski definition) is 3. The zero-order chi connectivity index (χ0) is 21.1. The van der Waals surface area contributed by atoms with E-state index in [9.17, 15) is 54.2 Å². The molecule has 0 heterocycles. The number of halogens is 9. The number of hydrogen-bond acceptors (Lipinski definition) is 3. The van der Waals surface area contributed by atoms with Gasteiger partial charge in [0, 0.05) is 0 Å². The molecule has 0 unspecified atom stereocenters. The first-order valence-electron chi connectivity index (χ1n) is 6.44. The first-order valence-corrected chi connectivity index (χ1v) is 8.60. The van der Waals surface area contributed by atoms with E-state index in [2.05, 4.69) is 6.58 Å². The van der Waals surface area contributed by atoms with Crippen LogP contribution in [0, 0.1) is 52.4 Å². The van der Waals surface area contributed by atoms with Gasteiger partial charge in [0.2, 0.25) is 0 Å². The molecule has 0 aliphatic rings. The summed E-state index contributed by atoms with van der Waals surface area (Å²) in [4.78, 5) is 28.4. The summed E-state index contributed by atoms with van der Waals surface area (Å²) in [6, 6.07) is 0. The zero-order valence-corrected chi connectivity index (χ0v) is 13.4. The molecule has 3 N–H and O–H groups in total. The first kappa shape index (κ1) is 21.2. The predicted octanol–water partition coefficient (Wildman–Crippen LogP) is 3.65. The van der Waals surface area contributed by atoms with Crippen molar-refractivity contribution in [2.24, 2.45) is 0 Å². The van der Waals surface area contributed by atoms with Gasteiger partial charge in [0.05, 0.1) is 0 Å². The third-order valence-corrected chi connectivity index (χ3v) is 5.39. The summed E-state index contributed by atoms with van der Waals surface area (Å²) in [5.74, 6) is -24.9. The van der Waals surface area contributed by atoms with E-state index in [4.69, 9.17) is 0 Å². The average Bonchev–Trinajstić information content (AvgIpc) is 2.59. The zero-order valence-electron chi connectivity index (χ0n) is 12.5. The van der Waals surface area contributed by atoms with Crippen LogP contribution in [0.25, 0.3) is 11.1 Å². The van der Waals surface area contributed by atoms with Crippen LogP contribution in [0.4, 0.5) is 39.5 Å². The molecular weight excluding hydrogens is 418 g/mol. The molecule has 2 aromatic rings. The molecule has 0 fully saturated rings. The molecule has 3 nitrogen and oxygen atoms in total. The normalized spacial score (nSPS) is 13.4. The Morgan fingerprint density at radius 2 is 0.778 bits per heavy atom. The van der Waals surface area contributed by atoms with Gasteiger partial charge in [-0.2, -0.15) is 0 Å². The van der Waals surface area contributed by atoms with Crippen molar-refractivity contribution in [3.05, 3.63) is 64.8 Å². The molecule has 0 saturated heterocycles. The Bertz CT molecular complexity index is 940. The topological polar surface area (TPSA) is 60.7 Å². The Labute approximate surface area is 143 Å². The molecule has 2 rings (SSSR count). The van der Waals surface area contributed by atoms with E-state index in [1.807, 2.05) is 0 Å². The summed E-state index contributed by atoms with van der Waals surface area (Å²) >= 11 is 0. The van der Waals surface area contributed by atoms with Crippen LogP contribution < -0.4 is 5.30 Å². The summed E-state index contributed by atoms with van der Waals surface area (Å²) < 4.78 is 123. The van der Waals surface area contributed by atoms with E-state index in [0.717, 1.165) is 0 Å². The van der Waals surface area contributed by atoms with Gasteiger partial charge in [-0.15, -0.1) is 0 Å². The molecule has 0 radical (unpaired) electrons. The van der Waals surface area contributed by atoms with Crippen molar-refractivity contribution >= 4 is 12.6 Å². The molecule has 2 aromatic carbocycles. The Morgan fingerprint density at radius 3 is 1.07 bits per heavy atom. The van der Waals surface area contributed by atoms with Crippen LogP contribution in [-0.4, -0.2) is 14.7 Å². The standard InChI is InChI=1S/C14H6F9O3P/c1-2-27(24,25,26)14-12(22)7(17)4(8(18)13(14)23)3-5(15)9(19)11(21)10(20)6(3)16/h2,24-26H,1H2. The molecule has 0 atom stereocenters. The fraction of sp³-hybridized carbons (Fsp3) is 0. The van der Waals surface area contributed by atoms with Gasteiger partial charge in [0.15, 0.2) is 0 Å². The van der Waals surface area contributed by atoms with Crippen molar-refractivity contribution in [2.45, 2.75) is 0 Å². The monoisotopic (exact) mass is 424 g/mol. The Morgan fingerprint density at radius 1 is 0.519 bits per heavy atom. The van der Waals surface area contributed by atoms with E-state index in [0.29, 0.717) is 0 Å². The van der Waals surface area contributed by atoms with Crippen molar-refractivity contribution in [1.82, 2.24) is 0 Å². The molecule has 0 saturated carbocycles. The van der Waals surface area contributed by atoms with Crippen LogP contribution in [-0.2, 0) is 0 Å². The Hall–Kier alpha value is -2.14. The number of rotatable bonds is 3. The molecule has 27 heavy (non-hydrogen) atoms. The van der Waals surface area contributed by atoms with Gasteiger partial charge in [0.1, 0.15) is 0 Å². The van der Waals surface area contributed by atoms with Gasteiger partial charge in [0.25, 0.3) is 0 Å². The van der Waals surface area contributed by atoms with Crippen molar-refractivity contribution in [3.63, 3.8) is 0 Å². The minimum absolute atomic E-state index is 0.232. The second kappa shape index (κ2) is 6.20.